The summed E-state index contributed by atoms with van der Waals surface area (Å²) < 4.78 is 33.1. The van der Waals surface area contributed by atoms with Crippen molar-refractivity contribution in [1.29, 1.82) is 0 Å². The van der Waals surface area contributed by atoms with E-state index in [0.29, 0.717) is 27.9 Å². The zero-order valence-electron chi connectivity index (χ0n) is 11.4. The summed E-state index contributed by atoms with van der Waals surface area (Å²) in [5.41, 5.74) is 3.99. The topological polar surface area (TPSA) is 51.2 Å². The lowest BCUT2D eigenvalue weighted by atomic mass is 10.0. The molecule has 0 spiro atoms. The molecule has 1 aromatic heterocycles. The Bertz CT molecular complexity index is 798. The fourth-order valence-corrected chi connectivity index (χ4v) is 2.40. The van der Waals surface area contributed by atoms with Crippen LogP contribution >= 0.6 is 0 Å². The van der Waals surface area contributed by atoms with E-state index in [0.717, 1.165) is 0 Å². The first kappa shape index (κ1) is 13.7. The Kier molecular flexibility index (Phi) is 3.45. The Hall–Kier alpha value is -2.24. The van der Waals surface area contributed by atoms with E-state index in [1.54, 1.807) is 31.2 Å². The van der Waals surface area contributed by atoms with Crippen LogP contribution in [0.4, 0.5) is 8.78 Å². The van der Waals surface area contributed by atoms with Crippen LogP contribution in [0.15, 0.2) is 46.9 Å². The van der Waals surface area contributed by atoms with Gasteiger partial charge in [0.1, 0.15) is 29.0 Å². The number of hydrogen-bond acceptors (Lipinski definition) is 3. The van der Waals surface area contributed by atoms with Gasteiger partial charge in [-0.3, -0.25) is 5.84 Å². The van der Waals surface area contributed by atoms with E-state index in [1.165, 1.54) is 18.2 Å². The largest absolute Gasteiger partial charge is 0.459 e. The number of hydrogen-bond donors (Lipinski definition) is 2. The van der Waals surface area contributed by atoms with E-state index in [4.69, 9.17) is 10.3 Å². The van der Waals surface area contributed by atoms with Gasteiger partial charge in [0.25, 0.3) is 0 Å². The van der Waals surface area contributed by atoms with Crippen LogP contribution < -0.4 is 11.3 Å². The summed E-state index contributed by atoms with van der Waals surface area (Å²) >= 11 is 0. The van der Waals surface area contributed by atoms with Gasteiger partial charge in [-0.15, -0.1) is 0 Å². The Morgan fingerprint density at radius 1 is 1.14 bits per heavy atom. The van der Waals surface area contributed by atoms with E-state index in [2.05, 4.69) is 5.43 Å². The highest BCUT2D eigenvalue weighted by molar-refractivity contribution is 5.78. The highest BCUT2D eigenvalue weighted by Gasteiger charge is 2.21. The second-order valence-electron chi connectivity index (χ2n) is 4.91. The molecule has 0 bridgehead atoms. The first-order valence-corrected chi connectivity index (χ1v) is 6.50. The Labute approximate surface area is 120 Å². The van der Waals surface area contributed by atoms with E-state index in [-0.39, 0.29) is 11.6 Å². The SMILES string of the molecule is Cc1cccc(C(NN)c2cc3cc(F)ccc3o2)c1F. The monoisotopic (exact) mass is 288 g/mol. The zero-order chi connectivity index (χ0) is 15.0. The number of aryl methyl sites for hydroxylation is 1. The molecule has 0 amide bonds. The van der Waals surface area contributed by atoms with Gasteiger partial charge in [0.05, 0.1) is 0 Å². The molecular formula is C16H14F2N2O. The van der Waals surface area contributed by atoms with Crippen molar-refractivity contribution in [3.63, 3.8) is 0 Å². The molecule has 3 N–H and O–H groups in total. The third-order valence-electron chi connectivity index (χ3n) is 3.48. The van der Waals surface area contributed by atoms with E-state index in [1.807, 2.05) is 0 Å². The number of fused-ring (bicyclic) bond motifs is 1. The molecular weight excluding hydrogens is 274 g/mol. The Morgan fingerprint density at radius 3 is 2.71 bits per heavy atom. The van der Waals surface area contributed by atoms with Crippen LogP contribution in [0.2, 0.25) is 0 Å². The maximum Gasteiger partial charge on any atom is 0.134 e. The van der Waals surface area contributed by atoms with Crippen molar-refractivity contribution in [2.24, 2.45) is 5.84 Å². The molecule has 0 saturated carbocycles. The maximum absolute atomic E-state index is 14.2. The minimum atomic E-state index is -0.639. The van der Waals surface area contributed by atoms with Gasteiger partial charge < -0.3 is 4.42 Å². The normalized spacial score (nSPS) is 12.8. The van der Waals surface area contributed by atoms with Crippen molar-refractivity contribution in [2.75, 3.05) is 0 Å². The van der Waals surface area contributed by atoms with E-state index < -0.39 is 6.04 Å². The fraction of sp³-hybridized carbons (Fsp3) is 0.125. The molecule has 0 fully saturated rings. The summed E-state index contributed by atoms with van der Waals surface area (Å²) in [6.07, 6.45) is 0. The van der Waals surface area contributed by atoms with Crippen LogP contribution in [0.5, 0.6) is 0 Å². The van der Waals surface area contributed by atoms with Gasteiger partial charge in [-0.1, -0.05) is 18.2 Å². The molecule has 3 aromatic rings. The summed E-state index contributed by atoms with van der Waals surface area (Å²) in [7, 11) is 0. The van der Waals surface area contributed by atoms with Crippen LogP contribution in [0.25, 0.3) is 11.0 Å². The summed E-state index contributed by atoms with van der Waals surface area (Å²) in [5.74, 6) is 5.30. The molecule has 1 heterocycles. The van der Waals surface area contributed by atoms with Crippen LogP contribution in [-0.4, -0.2) is 0 Å². The van der Waals surface area contributed by atoms with Crippen molar-refractivity contribution in [2.45, 2.75) is 13.0 Å². The van der Waals surface area contributed by atoms with Gasteiger partial charge in [0.15, 0.2) is 0 Å². The second kappa shape index (κ2) is 5.27. The molecule has 2 aromatic carbocycles. The molecule has 3 nitrogen and oxygen atoms in total. The van der Waals surface area contributed by atoms with Crippen LogP contribution in [0.1, 0.15) is 22.9 Å². The predicted molar refractivity (Wildman–Crippen MR) is 76.5 cm³/mol. The predicted octanol–water partition coefficient (Wildman–Crippen LogP) is 3.57. The molecule has 21 heavy (non-hydrogen) atoms. The first-order chi connectivity index (χ1) is 10.1. The van der Waals surface area contributed by atoms with Gasteiger partial charge in [-0.25, -0.2) is 14.2 Å². The Balaban J connectivity index is 2.11. The van der Waals surface area contributed by atoms with Crippen LogP contribution in [0, 0.1) is 18.6 Å². The molecule has 5 heteroatoms. The molecule has 0 saturated heterocycles. The quantitative estimate of drug-likeness (QED) is 0.572. The average molecular weight is 288 g/mol. The Morgan fingerprint density at radius 2 is 1.95 bits per heavy atom. The van der Waals surface area contributed by atoms with Gasteiger partial charge in [0, 0.05) is 10.9 Å². The van der Waals surface area contributed by atoms with Crippen LogP contribution in [-0.2, 0) is 0 Å². The first-order valence-electron chi connectivity index (χ1n) is 6.50. The van der Waals surface area contributed by atoms with Gasteiger partial charge in [-0.05, 0) is 36.8 Å². The second-order valence-corrected chi connectivity index (χ2v) is 4.91. The number of benzene rings is 2. The van der Waals surface area contributed by atoms with Crippen molar-refractivity contribution in [3.05, 3.63) is 71.0 Å². The molecule has 1 unspecified atom stereocenters. The average Bonchev–Trinajstić information content (AvgIpc) is 2.87. The van der Waals surface area contributed by atoms with Gasteiger partial charge in [0.2, 0.25) is 0 Å². The summed E-state index contributed by atoms with van der Waals surface area (Å²) in [4.78, 5) is 0. The van der Waals surface area contributed by atoms with E-state index in [9.17, 15) is 8.78 Å². The maximum atomic E-state index is 14.2. The minimum Gasteiger partial charge on any atom is -0.459 e. The lowest BCUT2D eigenvalue weighted by Crippen LogP contribution is -2.29. The molecule has 3 rings (SSSR count). The fourth-order valence-electron chi connectivity index (χ4n) is 2.40. The van der Waals surface area contributed by atoms with Crippen molar-refractivity contribution >= 4 is 11.0 Å². The lowest BCUT2D eigenvalue weighted by Gasteiger charge is -2.15. The number of halogens is 2. The lowest BCUT2D eigenvalue weighted by molar-refractivity contribution is 0.461. The third-order valence-corrected chi connectivity index (χ3v) is 3.48. The zero-order valence-corrected chi connectivity index (χ0v) is 11.4. The number of nitrogens with two attached hydrogens (primary N) is 1. The summed E-state index contributed by atoms with van der Waals surface area (Å²) in [5, 5.41) is 0.610. The molecule has 0 radical (unpaired) electrons. The van der Waals surface area contributed by atoms with Crippen molar-refractivity contribution < 1.29 is 13.2 Å². The number of nitrogens with one attached hydrogen (secondary N) is 1. The highest BCUT2D eigenvalue weighted by Crippen LogP contribution is 2.30. The minimum absolute atomic E-state index is 0.341. The third kappa shape index (κ3) is 2.41. The smallest absolute Gasteiger partial charge is 0.134 e. The molecule has 1 atom stereocenters. The van der Waals surface area contributed by atoms with Gasteiger partial charge in [-0.2, -0.15) is 0 Å². The summed E-state index contributed by atoms with van der Waals surface area (Å²) in [6.45, 7) is 1.68. The van der Waals surface area contributed by atoms with E-state index >= 15 is 0 Å². The number of furan rings is 1. The standard InChI is InChI=1S/C16H14F2N2O/c1-9-3-2-4-12(15(9)18)16(20-19)14-8-10-7-11(17)5-6-13(10)21-14/h2-8,16,20H,19H2,1H3. The molecule has 0 aliphatic rings. The van der Waals surface area contributed by atoms with Crippen molar-refractivity contribution in [3.8, 4) is 0 Å². The molecule has 0 aliphatic heterocycles. The molecule has 108 valence electrons. The van der Waals surface area contributed by atoms with Crippen LogP contribution in [0.3, 0.4) is 0 Å². The number of rotatable bonds is 3. The molecule has 0 aliphatic carbocycles. The van der Waals surface area contributed by atoms with Crippen molar-refractivity contribution in [1.82, 2.24) is 5.43 Å². The summed E-state index contributed by atoms with van der Waals surface area (Å²) in [6, 6.07) is 10.3. The van der Waals surface area contributed by atoms with Gasteiger partial charge >= 0.3 is 0 Å². The highest BCUT2D eigenvalue weighted by atomic mass is 19.1. The number of hydrazine groups is 1.